The molecule has 0 aliphatic carbocycles. The fraction of sp³-hybridized carbons (Fsp3) is 0.786. The molecule has 7 nitrogen and oxygen atoms in total. The molecule has 1 fully saturated rings. The Labute approximate surface area is 125 Å². The van der Waals surface area contributed by atoms with E-state index in [2.05, 4.69) is 5.32 Å². The van der Waals surface area contributed by atoms with Gasteiger partial charge in [0.2, 0.25) is 5.91 Å². The Kier molecular flexibility index (Phi) is 6.45. The van der Waals surface area contributed by atoms with Crippen LogP contribution in [0.2, 0.25) is 0 Å². The summed E-state index contributed by atoms with van der Waals surface area (Å²) in [5, 5.41) is 11.3. The van der Waals surface area contributed by atoms with E-state index in [-0.39, 0.29) is 30.2 Å². The summed E-state index contributed by atoms with van der Waals surface area (Å²) in [6.07, 6.45) is 1.61. The molecule has 2 N–H and O–H groups in total. The highest BCUT2D eigenvalue weighted by Crippen LogP contribution is 2.21. The van der Waals surface area contributed by atoms with Crippen molar-refractivity contribution in [1.82, 2.24) is 15.1 Å². The number of amides is 3. The van der Waals surface area contributed by atoms with Crippen molar-refractivity contribution in [2.45, 2.75) is 26.2 Å². The van der Waals surface area contributed by atoms with E-state index in [4.69, 9.17) is 5.11 Å². The maximum absolute atomic E-state index is 12.3. The van der Waals surface area contributed by atoms with Gasteiger partial charge in [-0.1, -0.05) is 6.92 Å². The van der Waals surface area contributed by atoms with Crippen molar-refractivity contribution in [3.05, 3.63) is 0 Å². The standard InChI is InChI=1S/C14H25N3O4/c1-10(13(20)15-2)9-16(3)14(21)17-6-4-11(5-7-17)8-12(18)19/h10-11H,4-9H2,1-3H3,(H,15,20)(H,18,19). The molecule has 120 valence electrons. The number of carboxylic acids is 1. The van der Waals surface area contributed by atoms with Crippen LogP contribution >= 0.6 is 0 Å². The molecule has 3 amide bonds. The van der Waals surface area contributed by atoms with Crippen LogP contribution in [0.25, 0.3) is 0 Å². The summed E-state index contributed by atoms with van der Waals surface area (Å²) < 4.78 is 0. The number of hydrogen-bond donors (Lipinski definition) is 2. The Bertz CT molecular complexity index is 392. The summed E-state index contributed by atoms with van der Waals surface area (Å²) in [6, 6.07) is -0.0977. The Balaban J connectivity index is 2.42. The molecule has 21 heavy (non-hydrogen) atoms. The molecule has 1 aliphatic rings. The van der Waals surface area contributed by atoms with Crippen molar-refractivity contribution >= 4 is 17.9 Å². The van der Waals surface area contributed by atoms with Crippen LogP contribution in [0, 0.1) is 11.8 Å². The van der Waals surface area contributed by atoms with Crippen LogP contribution in [0.3, 0.4) is 0 Å². The Morgan fingerprint density at radius 1 is 1.33 bits per heavy atom. The third kappa shape index (κ3) is 5.24. The first-order chi connectivity index (χ1) is 9.85. The van der Waals surface area contributed by atoms with Gasteiger partial charge in [0.15, 0.2) is 0 Å². The topological polar surface area (TPSA) is 90.0 Å². The predicted molar refractivity (Wildman–Crippen MR) is 77.8 cm³/mol. The summed E-state index contributed by atoms with van der Waals surface area (Å²) in [4.78, 5) is 37.7. The molecule has 0 spiro atoms. The highest BCUT2D eigenvalue weighted by Gasteiger charge is 2.27. The highest BCUT2D eigenvalue weighted by atomic mass is 16.4. The van der Waals surface area contributed by atoms with Crippen LogP contribution in [-0.4, -0.2) is 66.5 Å². The third-order valence-corrected chi connectivity index (χ3v) is 3.92. The molecule has 1 aliphatic heterocycles. The SMILES string of the molecule is CNC(=O)C(C)CN(C)C(=O)N1CCC(CC(=O)O)CC1. The van der Waals surface area contributed by atoms with E-state index in [1.165, 1.54) is 0 Å². The molecule has 1 rings (SSSR count). The van der Waals surface area contributed by atoms with Crippen molar-refractivity contribution in [3.63, 3.8) is 0 Å². The van der Waals surface area contributed by atoms with Crippen LogP contribution in [-0.2, 0) is 9.59 Å². The summed E-state index contributed by atoms with van der Waals surface area (Å²) in [5.41, 5.74) is 0. The van der Waals surface area contributed by atoms with E-state index >= 15 is 0 Å². The average Bonchev–Trinajstić information content (AvgIpc) is 2.45. The third-order valence-electron chi connectivity index (χ3n) is 3.92. The first-order valence-corrected chi connectivity index (χ1v) is 7.28. The van der Waals surface area contributed by atoms with E-state index in [9.17, 15) is 14.4 Å². The molecule has 1 heterocycles. The molecule has 0 saturated carbocycles. The number of carbonyl (C=O) groups is 3. The van der Waals surface area contributed by atoms with Gasteiger partial charge >= 0.3 is 12.0 Å². The largest absolute Gasteiger partial charge is 0.481 e. The molecule has 1 unspecified atom stereocenters. The second-order valence-corrected chi connectivity index (χ2v) is 5.71. The van der Waals surface area contributed by atoms with Crippen LogP contribution in [0.15, 0.2) is 0 Å². The zero-order chi connectivity index (χ0) is 16.0. The Hall–Kier alpha value is -1.79. The van der Waals surface area contributed by atoms with Crippen molar-refractivity contribution in [2.24, 2.45) is 11.8 Å². The van der Waals surface area contributed by atoms with Crippen LogP contribution in [0.5, 0.6) is 0 Å². The van der Waals surface area contributed by atoms with Gasteiger partial charge in [-0.25, -0.2) is 4.79 Å². The summed E-state index contributed by atoms with van der Waals surface area (Å²) in [7, 11) is 3.26. The summed E-state index contributed by atoms with van der Waals surface area (Å²) in [5.74, 6) is -0.971. The smallest absolute Gasteiger partial charge is 0.319 e. The van der Waals surface area contributed by atoms with Crippen molar-refractivity contribution in [1.29, 1.82) is 0 Å². The zero-order valence-corrected chi connectivity index (χ0v) is 13.0. The van der Waals surface area contributed by atoms with Crippen LogP contribution in [0.1, 0.15) is 26.2 Å². The zero-order valence-electron chi connectivity index (χ0n) is 13.0. The van der Waals surface area contributed by atoms with E-state index in [1.807, 2.05) is 0 Å². The van der Waals surface area contributed by atoms with Gasteiger partial charge in [0.1, 0.15) is 0 Å². The average molecular weight is 299 g/mol. The van der Waals surface area contributed by atoms with Gasteiger partial charge in [-0.05, 0) is 18.8 Å². The number of rotatable bonds is 5. The number of nitrogens with zero attached hydrogens (tertiary/aromatic N) is 2. The van der Waals surface area contributed by atoms with Gasteiger partial charge in [0.25, 0.3) is 0 Å². The molecule has 7 heteroatoms. The lowest BCUT2D eigenvalue weighted by Gasteiger charge is -2.34. The van der Waals surface area contributed by atoms with E-state index in [0.717, 1.165) is 12.8 Å². The molecule has 1 saturated heterocycles. The lowest BCUT2D eigenvalue weighted by Crippen LogP contribution is -2.47. The monoisotopic (exact) mass is 299 g/mol. The number of aliphatic carboxylic acids is 1. The Morgan fingerprint density at radius 3 is 2.38 bits per heavy atom. The highest BCUT2D eigenvalue weighted by molar-refractivity contribution is 5.79. The molecule has 0 aromatic rings. The minimum Gasteiger partial charge on any atom is -0.481 e. The fourth-order valence-corrected chi connectivity index (χ4v) is 2.63. The number of likely N-dealkylation sites (tertiary alicyclic amines) is 1. The number of nitrogens with one attached hydrogen (secondary N) is 1. The van der Waals surface area contributed by atoms with Gasteiger partial charge in [0, 0.05) is 40.2 Å². The number of carbonyl (C=O) groups excluding carboxylic acids is 2. The molecule has 0 aromatic carbocycles. The van der Waals surface area contributed by atoms with Crippen molar-refractivity contribution < 1.29 is 19.5 Å². The van der Waals surface area contributed by atoms with Crippen LogP contribution in [0.4, 0.5) is 4.79 Å². The maximum atomic E-state index is 12.3. The van der Waals surface area contributed by atoms with E-state index < -0.39 is 5.97 Å². The number of carboxylic acid groups (broad SMARTS) is 1. The number of urea groups is 1. The van der Waals surface area contributed by atoms with Gasteiger partial charge < -0.3 is 20.2 Å². The molecular weight excluding hydrogens is 274 g/mol. The molecule has 1 atom stereocenters. The maximum Gasteiger partial charge on any atom is 0.319 e. The second-order valence-electron chi connectivity index (χ2n) is 5.71. The quantitative estimate of drug-likeness (QED) is 0.778. The molecule has 0 aromatic heterocycles. The normalized spacial score (nSPS) is 17.2. The van der Waals surface area contributed by atoms with Gasteiger partial charge in [-0.15, -0.1) is 0 Å². The van der Waals surface area contributed by atoms with Gasteiger partial charge in [-0.2, -0.15) is 0 Å². The molecular formula is C14H25N3O4. The fourth-order valence-electron chi connectivity index (χ4n) is 2.63. The minimum absolute atomic E-state index is 0.0881. The Morgan fingerprint density at radius 2 is 1.90 bits per heavy atom. The lowest BCUT2D eigenvalue weighted by atomic mass is 9.94. The molecule has 0 bridgehead atoms. The minimum atomic E-state index is -0.781. The van der Waals surface area contributed by atoms with Gasteiger partial charge in [-0.3, -0.25) is 9.59 Å². The van der Waals surface area contributed by atoms with E-state index in [0.29, 0.717) is 19.6 Å². The predicted octanol–water partition coefficient (Wildman–Crippen LogP) is 0.607. The summed E-state index contributed by atoms with van der Waals surface area (Å²) >= 11 is 0. The summed E-state index contributed by atoms with van der Waals surface area (Å²) in [6.45, 7) is 3.31. The first kappa shape index (κ1) is 17.3. The van der Waals surface area contributed by atoms with Crippen LogP contribution < -0.4 is 5.32 Å². The second kappa shape index (κ2) is 7.85. The first-order valence-electron chi connectivity index (χ1n) is 7.28. The van der Waals surface area contributed by atoms with Crippen molar-refractivity contribution in [3.8, 4) is 0 Å². The van der Waals surface area contributed by atoms with E-state index in [1.54, 1.807) is 30.8 Å². The van der Waals surface area contributed by atoms with Gasteiger partial charge in [0.05, 0.1) is 5.92 Å². The lowest BCUT2D eigenvalue weighted by molar-refractivity contribution is -0.138. The molecule has 0 radical (unpaired) electrons. The van der Waals surface area contributed by atoms with Crippen molar-refractivity contribution in [2.75, 3.05) is 33.7 Å². The number of hydrogen-bond acceptors (Lipinski definition) is 3. The number of piperidine rings is 1.